The first-order chi connectivity index (χ1) is 12.4. The van der Waals surface area contributed by atoms with Gasteiger partial charge in [-0.2, -0.15) is 0 Å². The van der Waals surface area contributed by atoms with Crippen LogP contribution < -0.4 is 15.8 Å². The van der Waals surface area contributed by atoms with E-state index < -0.39 is 11.8 Å². The van der Waals surface area contributed by atoms with E-state index in [1.54, 1.807) is 23.1 Å². The summed E-state index contributed by atoms with van der Waals surface area (Å²) in [6, 6.07) is 10.6. The van der Waals surface area contributed by atoms with Crippen molar-refractivity contribution in [2.24, 2.45) is 0 Å². The highest BCUT2D eigenvalue weighted by atomic mass is 19.1. The standard InChI is InChI=1S/C19H18FN3O3/c1-12(24)23-9-8-14-11-15(4-7-17(14)23)19(26)22-21-18(25)10-13-2-5-16(20)6-3-13/h2-7,11H,8-10H2,1H3,(H,21,25)(H,22,26). The van der Waals surface area contributed by atoms with Gasteiger partial charge in [0, 0.05) is 24.7 Å². The van der Waals surface area contributed by atoms with Crippen LogP contribution in [-0.2, 0) is 22.4 Å². The molecule has 134 valence electrons. The Morgan fingerprint density at radius 2 is 1.81 bits per heavy atom. The average molecular weight is 355 g/mol. The van der Waals surface area contributed by atoms with Crippen molar-refractivity contribution in [2.75, 3.05) is 11.4 Å². The molecule has 3 amide bonds. The molecule has 2 N–H and O–H groups in total. The smallest absolute Gasteiger partial charge is 0.269 e. The van der Waals surface area contributed by atoms with Crippen LogP contribution in [0, 0.1) is 5.82 Å². The summed E-state index contributed by atoms with van der Waals surface area (Å²) in [5.74, 6) is -1.26. The van der Waals surface area contributed by atoms with E-state index in [0.29, 0.717) is 24.1 Å². The molecule has 0 saturated carbocycles. The summed E-state index contributed by atoms with van der Waals surface area (Å²) in [5, 5.41) is 0. The highest BCUT2D eigenvalue weighted by molar-refractivity contribution is 5.98. The fourth-order valence-corrected chi connectivity index (χ4v) is 2.90. The second kappa shape index (κ2) is 7.35. The molecule has 1 heterocycles. The van der Waals surface area contributed by atoms with Crippen molar-refractivity contribution in [3.05, 3.63) is 65.0 Å². The number of nitrogens with one attached hydrogen (secondary N) is 2. The fraction of sp³-hybridized carbons (Fsp3) is 0.211. The molecule has 0 unspecified atom stereocenters. The second-order valence-electron chi connectivity index (χ2n) is 6.07. The number of nitrogens with zero attached hydrogens (tertiary/aromatic N) is 1. The number of carbonyl (C=O) groups is 3. The van der Waals surface area contributed by atoms with E-state index in [9.17, 15) is 18.8 Å². The molecular formula is C19H18FN3O3. The molecular weight excluding hydrogens is 337 g/mol. The van der Waals surface area contributed by atoms with Crippen LogP contribution in [0.4, 0.5) is 10.1 Å². The van der Waals surface area contributed by atoms with Gasteiger partial charge in [-0.05, 0) is 47.9 Å². The van der Waals surface area contributed by atoms with Gasteiger partial charge < -0.3 is 4.90 Å². The minimum Gasteiger partial charge on any atom is -0.312 e. The monoisotopic (exact) mass is 355 g/mol. The third-order valence-electron chi connectivity index (χ3n) is 4.21. The molecule has 0 saturated heterocycles. The second-order valence-corrected chi connectivity index (χ2v) is 6.07. The molecule has 0 radical (unpaired) electrons. The maximum atomic E-state index is 12.8. The maximum absolute atomic E-state index is 12.8. The van der Waals surface area contributed by atoms with Gasteiger partial charge >= 0.3 is 0 Å². The Kier molecular flexibility index (Phi) is 4.97. The van der Waals surface area contributed by atoms with Crippen molar-refractivity contribution in [3.63, 3.8) is 0 Å². The van der Waals surface area contributed by atoms with Gasteiger partial charge in [-0.25, -0.2) is 4.39 Å². The van der Waals surface area contributed by atoms with E-state index >= 15 is 0 Å². The molecule has 0 spiro atoms. The molecule has 0 atom stereocenters. The van der Waals surface area contributed by atoms with E-state index in [-0.39, 0.29) is 18.1 Å². The zero-order chi connectivity index (χ0) is 18.7. The maximum Gasteiger partial charge on any atom is 0.269 e. The van der Waals surface area contributed by atoms with Crippen LogP contribution in [-0.4, -0.2) is 24.3 Å². The summed E-state index contributed by atoms with van der Waals surface area (Å²) in [4.78, 5) is 37.3. The van der Waals surface area contributed by atoms with Crippen molar-refractivity contribution in [1.82, 2.24) is 10.9 Å². The van der Waals surface area contributed by atoms with Crippen LogP contribution in [0.2, 0.25) is 0 Å². The topological polar surface area (TPSA) is 78.5 Å². The third kappa shape index (κ3) is 3.88. The number of halogens is 1. The van der Waals surface area contributed by atoms with E-state index in [0.717, 1.165) is 11.3 Å². The lowest BCUT2D eigenvalue weighted by atomic mass is 10.1. The van der Waals surface area contributed by atoms with Gasteiger partial charge in [-0.1, -0.05) is 12.1 Å². The third-order valence-corrected chi connectivity index (χ3v) is 4.21. The summed E-state index contributed by atoms with van der Waals surface area (Å²) >= 11 is 0. The zero-order valence-electron chi connectivity index (χ0n) is 14.2. The van der Waals surface area contributed by atoms with Crippen LogP contribution in [0.15, 0.2) is 42.5 Å². The minimum atomic E-state index is -0.443. The number of carbonyl (C=O) groups excluding carboxylic acids is 3. The van der Waals surface area contributed by atoms with Gasteiger partial charge in [-0.15, -0.1) is 0 Å². The van der Waals surface area contributed by atoms with Crippen molar-refractivity contribution in [2.45, 2.75) is 19.8 Å². The predicted octanol–water partition coefficient (Wildman–Crippen LogP) is 1.74. The van der Waals surface area contributed by atoms with Crippen LogP contribution in [0.25, 0.3) is 0 Å². The van der Waals surface area contributed by atoms with E-state index in [4.69, 9.17) is 0 Å². The Bertz CT molecular complexity index is 865. The molecule has 1 aliphatic rings. The molecule has 7 heteroatoms. The normalized spacial score (nSPS) is 12.5. The molecule has 26 heavy (non-hydrogen) atoms. The molecule has 3 rings (SSSR count). The Morgan fingerprint density at radius 1 is 1.08 bits per heavy atom. The van der Waals surface area contributed by atoms with E-state index in [1.807, 2.05) is 0 Å². The predicted molar refractivity (Wildman–Crippen MR) is 93.9 cm³/mol. The first-order valence-corrected chi connectivity index (χ1v) is 8.18. The molecule has 2 aromatic rings. The fourth-order valence-electron chi connectivity index (χ4n) is 2.90. The zero-order valence-corrected chi connectivity index (χ0v) is 14.2. The number of fused-ring (bicyclic) bond motifs is 1. The SMILES string of the molecule is CC(=O)N1CCc2cc(C(=O)NNC(=O)Cc3ccc(F)cc3)ccc21. The summed E-state index contributed by atoms with van der Waals surface area (Å²) < 4.78 is 12.8. The Balaban J connectivity index is 1.58. The van der Waals surface area contributed by atoms with Crippen LogP contribution in [0.5, 0.6) is 0 Å². The van der Waals surface area contributed by atoms with Gasteiger partial charge in [0.1, 0.15) is 5.82 Å². The van der Waals surface area contributed by atoms with Gasteiger partial charge in [0.2, 0.25) is 11.8 Å². The number of benzene rings is 2. The molecule has 1 aliphatic heterocycles. The number of amides is 3. The number of rotatable bonds is 3. The number of anilines is 1. The largest absolute Gasteiger partial charge is 0.312 e. The quantitative estimate of drug-likeness (QED) is 0.823. The molecule has 0 bridgehead atoms. The lowest BCUT2D eigenvalue weighted by Crippen LogP contribution is -2.42. The first-order valence-electron chi connectivity index (χ1n) is 8.18. The van der Waals surface area contributed by atoms with Crippen molar-refractivity contribution < 1.29 is 18.8 Å². The molecule has 0 aliphatic carbocycles. The Labute approximate surface area is 150 Å². The summed E-state index contributed by atoms with van der Waals surface area (Å²) in [7, 11) is 0. The highest BCUT2D eigenvalue weighted by Crippen LogP contribution is 2.28. The van der Waals surface area contributed by atoms with Crippen LogP contribution >= 0.6 is 0 Å². The van der Waals surface area contributed by atoms with Gasteiger partial charge in [-0.3, -0.25) is 25.2 Å². The molecule has 6 nitrogen and oxygen atoms in total. The van der Waals surface area contributed by atoms with Crippen molar-refractivity contribution in [1.29, 1.82) is 0 Å². The Hall–Kier alpha value is -3.22. The Morgan fingerprint density at radius 3 is 2.50 bits per heavy atom. The minimum absolute atomic E-state index is 0.0261. The van der Waals surface area contributed by atoms with Gasteiger partial charge in [0.05, 0.1) is 6.42 Å². The summed E-state index contributed by atoms with van der Waals surface area (Å²) in [6.45, 7) is 2.11. The van der Waals surface area contributed by atoms with Gasteiger partial charge in [0.15, 0.2) is 0 Å². The number of hydrogen-bond acceptors (Lipinski definition) is 3. The van der Waals surface area contributed by atoms with Crippen molar-refractivity contribution in [3.8, 4) is 0 Å². The van der Waals surface area contributed by atoms with Crippen LogP contribution in [0.3, 0.4) is 0 Å². The van der Waals surface area contributed by atoms with Crippen LogP contribution in [0.1, 0.15) is 28.4 Å². The van der Waals surface area contributed by atoms with Gasteiger partial charge in [0.25, 0.3) is 5.91 Å². The summed E-state index contributed by atoms with van der Waals surface area (Å²) in [5.41, 5.74) is 7.48. The van der Waals surface area contributed by atoms with E-state index in [2.05, 4.69) is 10.9 Å². The first kappa shape index (κ1) is 17.6. The van der Waals surface area contributed by atoms with E-state index in [1.165, 1.54) is 31.2 Å². The lowest BCUT2D eigenvalue weighted by Gasteiger charge is -2.15. The average Bonchev–Trinajstić information content (AvgIpc) is 3.05. The lowest BCUT2D eigenvalue weighted by molar-refractivity contribution is -0.121. The number of hydrogen-bond donors (Lipinski definition) is 2. The highest BCUT2D eigenvalue weighted by Gasteiger charge is 2.23. The molecule has 2 aromatic carbocycles. The molecule has 0 aromatic heterocycles. The summed E-state index contributed by atoms with van der Waals surface area (Å²) in [6.07, 6.45) is 0.714. The van der Waals surface area contributed by atoms with Crippen molar-refractivity contribution >= 4 is 23.4 Å². The number of hydrazine groups is 1. The molecule has 0 fully saturated rings.